The van der Waals surface area contributed by atoms with E-state index in [1.54, 1.807) is 4.72 Å². The molecule has 0 spiro atoms. The van der Waals surface area contributed by atoms with Crippen LogP contribution in [0.4, 0.5) is 13.2 Å². The van der Waals surface area contributed by atoms with Gasteiger partial charge >= 0.3 is 6.18 Å². The first-order valence-electron chi connectivity index (χ1n) is 7.82. The molecule has 158 valence electrons. The molecule has 0 radical (unpaired) electrons. The second kappa shape index (κ2) is 8.22. The average molecular weight is 543 g/mol. The van der Waals surface area contributed by atoms with Gasteiger partial charge in [-0.2, -0.15) is 13.2 Å². The molecule has 0 atom stereocenters. The number of amides is 1. The molecular weight excluding hydrogens is 534 g/mol. The van der Waals surface area contributed by atoms with E-state index >= 15 is 0 Å². The summed E-state index contributed by atoms with van der Waals surface area (Å²) in [5.41, 5.74) is -1.21. The molecule has 3 aromatic rings. The number of carbonyl (C=O) groups excluding carboxylic acids is 1. The Morgan fingerprint density at radius 1 is 1.13 bits per heavy atom. The largest absolute Gasteiger partial charge is 0.416 e. The summed E-state index contributed by atoms with van der Waals surface area (Å²) in [7, 11) is -4.43. The Morgan fingerprint density at radius 3 is 2.37 bits per heavy atom. The van der Waals surface area contributed by atoms with Gasteiger partial charge in [-0.3, -0.25) is 4.79 Å². The van der Waals surface area contributed by atoms with Gasteiger partial charge in [-0.1, -0.05) is 45.2 Å². The normalized spacial score (nSPS) is 12.1. The van der Waals surface area contributed by atoms with Crippen LogP contribution in [-0.2, 0) is 16.2 Å². The van der Waals surface area contributed by atoms with Gasteiger partial charge in [0.1, 0.15) is 16.9 Å². The number of alkyl halides is 3. The van der Waals surface area contributed by atoms with Crippen LogP contribution in [0.15, 0.2) is 58.3 Å². The second-order valence-corrected chi connectivity index (χ2v) is 9.20. The Kier molecular flexibility index (Phi) is 6.19. The predicted octanol–water partition coefficient (Wildman–Crippen LogP) is 5.08. The minimum atomic E-state index is -4.58. The summed E-state index contributed by atoms with van der Waals surface area (Å²) in [4.78, 5) is 15.6. The van der Waals surface area contributed by atoms with Gasteiger partial charge in [0.2, 0.25) is 0 Å². The summed E-state index contributed by atoms with van der Waals surface area (Å²) < 4.78 is 67.0. The van der Waals surface area contributed by atoms with E-state index in [1.807, 2.05) is 0 Å². The summed E-state index contributed by atoms with van der Waals surface area (Å²) >= 11 is 14.7. The fourth-order valence-electron chi connectivity index (χ4n) is 2.43. The maximum Gasteiger partial charge on any atom is 0.416 e. The summed E-state index contributed by atoms with van der Waals surface area (Å²) in [6.07, 6.45) is -2.42. The van der Waals surface area contributed by atoms with Crippen molar-refractivity contribution in [2.24, 2.45) is 0 Å². The summed E-state index contributed by atoms with van der Waals surface area (Å²) in [6, 6.07) is 7.13. The third-order valence-corrected chi connectivity index (χ3v) is 6.48. The van der Waals surface area contributed by atoms with Crippen molar-refractivity contribution in [2.75, 3.05) is 0 Å². The first-order chi connectivity index (χ1) is 13.9. The van der Waals surface area contributed by atoms with Crippen LogP contribution in [0, 0.1) is 0 Å². The molecule has 0 bridgehead atoms. The van der Waals surface area contributed by atoms with Crippen LogP contribution >= 0.6 is 39.1 Å². The minimum absolute atomic E-state index is 0.0558. The maximum absolute atomic E-state index is 13.0. The molecule has 0 aliphatic carbocycles. The lowest BCUT2D eigenvalue weighted by Gasteiger charge is -2.10. The van der Waals surface area contributed by atoms with E-state index in [0.29, 0.717) is 0 Å². The van der Waals surface area contributed by atoms with E-state index in [0.717, 1.165) is 29.2 Å². The van der Waals surface area contributed by atoms with E-state index in [4.69, 9.17) is 23.2 Å². The van der Waals surface area contributed by atoms with Crippen LogP contribution in [0.25, 0.3) is 5.69 Å². The van der Waals surface area contributed by atoms with E-state index in [9.17, 15) is 26.4 Å². The smallest absolute Gasteiger partial charge is 0.305 e. The van der Waals surface area contributed by atoms with Crippen molar-refractivity contribution in [3.05, 3.63) is 74.7 Å². The van der Waals surface area contributed by atoms with Crippen molar-refractivity contribution in [1.82, 2.24) is 14.3 Å². The van der Waals surface area contributed by atoms with Gasteiger partial charge in [0, 0.05) is 16.4 Å². The molecule has 2 aromatic carbocycles. The van der Waals surface area contributed by atoms with Crippen LogP contribution in [0.2, 0.25) is 10.0 Å². The Morgan fingerprint density at radius 2 is 1.77 bits per heavy atom. The predicted molar refractivity (Wildman–Crippen MR) is 107 cm³/mol. The Bertz CT molecular complexity index is 1230. The van der Waals surface area contributed by atoms with E-state index in [-0.39, 0.29) is 25.9 Å². The van der Waals surface area contributed by atoms with Crippen LogP contribution < -0.4 is 4.72 Å². The number of nitrogens with zero attached hydrogens (tertiary/aromatic N) is 2. The highest BCUT2D eigenvalue weighted by molar-refractivity contribution is 9.10. The fraction of sp³-hybridized carbons (Fsp3) is 0.0588. The number of aromatic nitrogens is 2. The molecule has 0 aliphatic rings. The minimum Gasteiger partial charge on any atom is -0.305 e. The molecule has 1 N–H and O–H groups in total. The van der Waals surface area contributed by atoms with E-state index in [1.165, 1.54) is 24.3 Å². The first kappa shape index (κ1) is 22.6. The number of imidazole rings is 1. The SMILES string of the molecule is O=C(NS(=O)(=O)c1c(Cl)cccc1Cl)c1cn(-c2cc(Br)cc(C(F)(F)F)c2)cn1. The number of rotatable bonds is 4. The lowest BCUT2D eigenvalue weighted by molar-refractivity contribution is -0.137. The lowest BCUT2D eigenvalue weighted by Crippen LogP contribution is -2.31. The van der Waals surface area contributed by atoms with Crippen molar-refractivity contribution < 1.29 is 26.4 Å². The van der Waals surface area contributed by atoms with Crippen LogP contribution in [-0.4, -0.2) is 23.9 Å². The highest BCUT2D eigenvalue weighted by Gasteiger charge is 2.31. The van der Waals surface area contributed by atoms with Crippen LogP contribution in [0.5, 0.6) is 0 Å². The molecule has 0 saturated carbocycles. The third-order valence-electron chi connectivity index (χ3n) is 3.74. The summed E-state index contributed by atoms with van der Waals surface area (Å²) in [5, 5.41) is -0.385. The number of nitrogens with one attached hydrogen (secondary N) is 1. The zero-order valence-corrected chi connectivity index (χ0v) is 18.3. The molecule has 0 saturated heterocycles. The second-order valence-electron chi connectivity index (χ2n) is 5.85. The van der Waals surface area contributed by atoms with Crippen LogP contribution in [0.3, 0.4) is 0 Å². The number of hydrogen-bond acceptors (Lipinski definition) is 4. The number of benzene rings is 2. The molecule has 0 aliphatic heterocycles. The highest BCUT2D eigenvalue weighted by atomic mass is 79.9. The van der Waals surface area contributed by atoms with Gasteiger partial charge in [0.05, 0.1) is 15.6 Å². The maximum atomic E-state index is 13.0. The molecule has 0 fully saturated rings. The lowest BCUT2D eigenvalue weighted by atomic mass is 10.2. The first-order valence-corrected chi connectivity index (χ1v) is 10.8. The molecule has 3 rings (SSSR count). The molecule has 1 heterocycles. The van der Waals surface area contributed by atoms with Gasteiger partial charge in [-0.15, -0.1) is 0 Å². The fourth-order valence-corrected chi connectivity index (χ4v) is 5.02. The zero-order chi connectivity index (χ0) is 22.3. The Hall–Kier alpha value is -2.08. The van der Waals surface area contributed by atoms with Gasteiger partial charge < -0.3 is 4.57 Å². The standard InChI is InChI=1S/C17H9BrCl2F3N3O3S/c18-10-4-9(17(21,22)23)5-11(6-10)26-7-14(24-8-26)16(27)25-30(28,29)15-12(19)2-1-3-13(15)20/h1-8H,(H,25,27). The van der Waals surface area contributed by atoms with Crippen molar-refractivity contribution >= 4 is 55.1 Å². The van der Waals surface area contributed by atoms with E-state index < -0.39 is 32.6 Å². The van der Waals surface area contributed by atoms with Crippen LogP contribution in [0.1, 0.15) is 16.1 Å². The van der Waals surface area contributed by atoms with Gasteiger partial charge in [-0.05, 0) is 30.3 Å². The van der Waals surface area contributed by atoms with Crippen molar-refractivity contribution in [3.63, 3.8) is 0 Å². The molecule has 1 amide bonds. The molecule has 13 heteroatoms. The van der Waals surface area contributed by atoms with Gasteiger partial charge in [0.25, 0.3) is 15.9 Å². The van der Waals surface area contributed by atoms with E-state index in [2.05, 4.69) is 20.9 Å². The zero-order valence-electron chi connectivity index (χ0n) is 14.4. The summed E-state index contributed by atoms with van der Waals surface area (Å²) in [6.45, 7) is 0. The number of carbonyl (C=O) groups is 1. The van der Waals surface area contributed by atoms with Crippen molar-refractivity contribution in [1.29, 1.82) is 0 Å². The molecule has 30 heavy (non-hydrogen) atoms. The van der Waals surface area contributed by atoms with Gasteiger partial charge in [-0.25, -0.2) is 18.1 Å². The number of hydrogen-bond donors (Lipinski definition) is 1. The number of halogens is 6. The highest BCUT2D eigenvalue weighted by Crippen LogP contribution is 2.33. The van der Waals surface area contributed by atoms with Crippen molar-refractivity contribution in [3.8, 4) is 5.69 Å². The molecule has 1 aromatic heterocycles. The molecular formula is C17H9BrCl2F3N3O3S. The van der Waals surface area contributed by atoms with Crippen molar-refractivity contribution in [2.45, 2.75) is 11.1 Å². The Balaban J connectivity index is 1.90. The topological polar surface area (TPSA) is 81.1 Å². The number of sulfonamides is 1. The third kappa shape index (κ3) is 4.80. The van der Waals surface area contributed by atoms with Gasteiger partial charge in [0.15, 0.2) is 0 Å². The Labute approximate surface area is 186 Å². The molecule has 6 nitrogen and oxygen atoms in total. The molecule has 0 unspecified atom stereocenters. The average Bonchev–Trinajstić information content (AvgIpc) is 3.10. The quantitative estimate of drug-likeness (QED) is 0.498. The monoisotopic (exact) mass is 541 g/mol. The summed E-state index contributed by atoms with van der Waals surface area (Å²) in [5.74, 6) is -1.12.